The molecule has 3 rings (SSSR count). The largest absolute Gasteiger partial charge is 0.337 e. The lowest BCUT2D eigenvalue weighted by molar-refractivity contribution is -0.128. The summed E-state index contributed by atoms with van der Waals surface area (Å²) < 4.78 is 1.27. The second kappa shape index (κ2) is 6.20. The fourth-order valence-electron chi connectivity index (χ4n) is 2.66. The summed E-state index contributed by atoms with van der Waals surface area (Å²) in [5, 5.41) is 1.37. The van der Waals surface area contributed by atoms with Crippen molar-refractivity contribution in [3.63, 3.8) is 0 Å². The summed E-state index contributed by atoms with van der Waals surface area (Å²) >= 11 is 3.08. The first-order valence-corrected chi connectivity index (χ1v) is 8.80. The molecule has 1 amide bonds. The van der Waals surface area contributed by atoms with Crippen LogP contribution in [-0.4, -0.2) is 28.2 Å². The Morgan fingerprint density at radius 1 is 1.43 bits per heavy atom. The number of thioether (sulfide) groups is 1. The minimum absolute atomic E-state index is 0.130. The second-order valence-electron chi connectivity index (χ2n) is 5.40. The highest BCUT2D eigenvalue weighted by molar-refractivity contribution is 8.13. The molecule has 1 atom stereocenters. The van der Waals surface area contributed by atoms with E-state index in [2.05, 4.69) is 18.2 Å². The van der Waals surface area contributed by atoms with E-state index in [0.29, 0.717) is 18.9 Å². The number of amides is 1. The molecule has 0 spiro atoms. The van der Waals surface area contributed by atoms with E-state index in [1.807, 2.05) is 17.0 Å². The highest BCUT2D eigenvalue weighted by Crippen LogP contribution is 2.29. The third-order valence-corrected chi connectivity index (χ3v) is 5.79. The van der Waals surface area contributed by atoms with Crippen LogP contribution in [0.2, 0.25) is 0 Å². The maximum Gasteiger partial charge on any atom is 0.223 e. The topological polar surface area (TPSA) is 37.4 Å². The molecular formula is C16H17NO2S2. The number of thiophene rings is 1. The predicted octanol–water partition coefficient (Wildman–Crippen LogP) is 3.53. The van der Waals surface area contributed by atoms with E-state index < -0.39 is 0 Å². The summed E-state index contributed by atoms with van der Waals surface area (Å²) in [5.74, 6) is 1.27. The third-order valence-electron chi connectivity index (χ3n) is 3.64. The van der Waals surface area contributed by atoms with Gasteiger partial charge in [-0.2, -0.15) is 0 Å². The van der Waals surface area contributed by atoms with Crippen LogP contribution in [0.1, 0.15) is 18.2 Å². The van der Waals surface area contributed by atoms with Crippen LogP contribution in [0.25, 0.3) is 10.1 Å². The normalized spacial score (nSPS) is 18.6. The molecule has 2 aromatic rings. The molecule has 1 aliphatic rings. The van der Waals surface area contributed by atoms with Crippen molar-refractivity contribution in [3.8, 4) is 0 Å². The van der Waals surface area contributed by atoms with E-state index in [1.165, 1.54) is 26.7 Å². The van der Waals surface area contributed by atoms with E-state index in [1.54, 1.807) is 18.3 Å². The molecule has 1 aromatic heterocycles. The first-order chi connectivity index (χ1) is 10.1. The van der Waals surface area contributed by atoms with Crippen LogP contribution in [0.5, 0.6) is 0 Å². The van der Waals surface area contributed by atoms with Crippen molar-refractivity contribution < 1.29 is 9.59 Å². The molecule has 0 saturated carbocycles. The lowest BCUT2D eigenvalue weighted by atomic mass is 10.1. The van der Waals surface area contributed by atoms with Gasteiger partial charge in [-0.1, -0.05) is 30.0 Å². The van der Waals surface area contributed by atoms with Gasteiger partial charge < -0.3 is 4.90 Å². The maximum atomic E-state index is 12.1. The molecule has 1 aliphatic heterocycles. The third kappa shape index (κ3) is 3.47. The summed E-state index contributed by atoms with van der Waals surface area (Å²) in [6.45, 7) is 3.04. The number of hydrogen-bond acceptors (Lipinski definition) is 4. The Balaban J connectivity index is 1.64. The fourth-order valence-corrected chi connectivity index (χ4v) is 4.43. The lowest BCUT2D eigenvalue weighted by Gasteiger charge is -2.15. The molecule has 1 unspecified atom stereocenters. The number of rotatable bonds is 4. The van der Waals surface area contributed by atoms with Crippen molar-refractivity contribution >= 4 is 44.2 Å². The van der Waals surface area contributed by atoms with Crippen molar-refractivity contribution in [1.29, 1.82) is 0 Å². The Labute approximate surface area is 132 Å². The lowest BCUT2D eigenvalue weighted by Crippen LogP contribution is -2.24. The quantitative estimate of drug-likeness (QED) is 0.865. The van der Waals surface area contributed by atoms with E-state index in [9.17, 15) is 9.59 Å². The number of carbonyl (C=O) groups is 2. The number of likely N-dealkylation sites (tertiary alicyclic amines) is 1. The molecule has 2 heterocycles. The molecule has 5 heteroatoms. The van der Waals surface area contributed by atoms with Crippen molar-refractivity contribution in [2.24, 2.45) is 5.92 Å². The first-order valence-electron chi connectivity index (χ1n) is 7.00. The molecule has 0 aliphatic carbocycles. The van der Waals surface area contributed by atoms with E-state index >= 15 is 0 Å². The molecular weight excluding hydrogens is 302 g/mol. The number of carbonyl (C=O) groups excluding carboxylic acids is 2. The van der Waals surface area contributed by atoms with Crippen molar-refractivity contribution in [2.75, 3.05) is 12.3 Å². The zero-order valence-electron chi connectivity index (χ0n) is 11.9. The maximum absolute atomic E-state index is 12.1. The predicted molar refractivity (Wildman–Crippen MR) is 88.5 cm³/mol. The summed E-state index contributed by atoms with van der Waals surface area (Å²) in [4.78, 5) is 26.3. The van der Waals surface area contributed by atoms with Gasteiger partial charge in [-0.25, -0.2) is 0 Å². The zero-order valence-corrected chi connectivity index (χ0v) is 13.5. The molecule has 1 fully saturated rings. The summed E-state index contributed by atoms with van der Waals surface area (Å²) in [6, 6.07) is 10.5. The number of hydrogen-bond donors (Lipinski definition) is 0. The van der Waals surface area contributed by atoms with Crippen LogP contribution >= 0.6 is 23.1 Å². The van der Waals surface area contributed by atoms with Gasteiger partial charge in [0.2, 0.25) is 5.91 Å². The summed E-state index contributed by atoms with van der Waals surface area (Å²) in [5.41, 5.74) is 0. The minimum atomic E-state index is 0.130. The molecule has 3 nitrogen and oxygen atoms in total. The number of nitrogens with zero attached hydrogens (tertiary/aromatic N) is 1. The molecule has 1 aromatic carbocycles. The average Bonchev–Trinajstić information content (AvgIpc) is 3.00. The second-order valence-corrected chi connectivity index (χ2v) is 7.76. The van der Waals surface area contributed by atoms with Gasteiger partial charge in [0.05, 0.1) is 6.54 Å². The van der Waals surface area contributed by atoms with Gasteiger partial charge in [0.25, 0.3) is 0 Å². The molecule has 0 bridgehead atoms. The van der Waals surface area contributed by atoms with Crippen LogP contribution in [0, 0.1) is 5.92 Å². The van der Waals surface area contributed by atoms with Crippen LogP contribution in [0.3, 0.4) is 0 Å². The summed E-state index contributed by atoms with van der Waals surface area (Å²) in [6.07, 6.45) is 0.575. The van der Waals surface area contributed by atoms with Crippen LogP contribution in [0.4, 0.5) is 0 Å². The Kier molecular flexibility index (Phi) is 4.31. The van der Waals surface area contributed by atoms with E-state index in [-0.39, 0.29) is 11.0 Å². The smallest absolute Gasteiger partial charge is 0.223 e. The zero-order chi connectivity index (χ0) is 14.8. The first kappa shape index (κ1) is 14.6. The average molecular weight is 319 g/mol. The minimum Gasteiger partial charge on any atom is -0.337 e. The van der Waals surface area contributed by atoms with Gasteiger partial charge >= 0.3 is 0 Å². The Bertz CT molecular complexity index is 647. The Morgan fingerprint density at radius 2 is 2.24 bits per heavy atom. The highest BCUT2D eigenvalue weighted by Gasteiger charge is 2.29. The SMILES string of the molecule is CC(=O)SCC1CC(=O)N(Cc2cc3ccccc3s2)C1. The van der Waals surface area contributed by atoms with Crippen molar-refractivity contribution in [1.82, 2.24) is 4.90 Å². The van der Waals surface area contributed by atoms with E-state index in [4.69, 9.17) is 0 Å². The van der Waals surface area contributed by atoms with Gasteiger partial charge in [0.1, 0.15) is 0 Å². The van der Waals surface area contributed by atoms with Gasteiger partial charge in [-0.05, 0) is 23.4 Å². The summed E-state index contributed by atoms with van der Waals surface area (Å²) in [7, 11) is 0. The van der Waals surface area contributed by atoms with Gasteiger partial charge in [0, 0.05) is 35.2 Å². The highest BCUT2D eigenvalue weighted by atomic mass is 32.2. The molecule has 21 heavy (non-hydrogen) atoms. The van der Waals surface area contributed by atoms with Crippen molar-refractivity contribution in [3.05, 3.63) is 35.2 Å². The monoisotopic (exact) mass is 319 g/mol. The van der Waals surface area contributed by atoms with Crippen LogP contribution in [-0.2, 0) is 16.1 Å². The van der Waals surface area contributed by atoms with E-state index in [0.717, 1.165) is 12.3 Å². The molecule has 0 radical (unpaired) electrons. The van der Waals surface area contributed by atoms with Gasteiger partial charge in [-0.15, -0.1) is 11.3 Å². The van der Waals surface area contributed by atoms with Crippen LogP contribution in [0.15, 0.2) is 30.3 Å². The van der Waals surface area contributed by atoms with Crippen LogP contribution < -0.4 is 0 Å². The Hall–Kier alpha value is -1.33. The molecule has 0 N–H and O–H groups in total. The number of benzene rings is 1. The Morgan fingerprint density at radius 3 is 3.00 bits per heavy atom. The fraction of sp³-hybridized carbons (Fsp3) is 0.375. The van der Waals surface area contributed by atoms with Gasteiger partial charge in [0.15, 0.2) is 5.12 Å². The van der Waals surface area contributed by atoms with Crippen molar-refractivity contribution in [2.45, 2.75) is 19.9 Å². The molecule has 110 valence electrons. The molecule has 1 saturated heterocycles. The standard InChI is InChI=1S/C16H17NO2S2/c1-11(18)20-10-12-6-16(19)17(8-12)9-14-7-13-4-2-3-5-15(13)21-14/h2-5,7,12H,6,8-10H2,1H3. The van der Waals surface area contributed by atoms with Gasteiger partial charge in [-0.3, -0.25) is 9.59 Å². The number of fused-ring (bicyclic) bond motifs is 1.